The number of carbonyl (C=O) groups is 1. The highest BCUT2D eigenvalue weighted by molar-refractivity contribution is 6.30. The quantitative estimate of drug-likeness (QED) is 0.838. The zero-order valence-corrected chi connectivity index (χ0v) is 14.1. The van der Waals surface area contributed by atoms with Gasteiger partial charge >= 0.3 is 0 Å². The summed E-state index contributed by atoms with van der Waals surface area (Å²) in [6.07, 6.45) is 1.72. The van der Waals surface area contributed by atoms with Crippen molar-refractivity contribution in [1.29, 1.82) is 0 Å². The summed E-state index contributed by atoms with van der Waals surface area (Å²) < 4.78 is 5.39. The first kappa shape index (κ1) is 17.1. The van der Waals surface area contributed by atoms with Gasteiger partial charge in [-0.3, -0.25) is 4.79 Å². The summed E-state index contributed by atoms with van der Waals surface area (Å²) in [7, 11) is 0. The fourth-order valence-corrected chi connectivity index (χ4v) is 2.75. The van der Waals surface area contributed by atoms with Crippen molar-refractivity contribution in [2.45, 2.75) is 32.8 Å². The minimum Gasteiger partial charge on any atom is -0.378 e. The second-order valence-electron chi connectivity index (χ2n) is 6.05. The van der Waals surface area contributed by atoms with E-state index in [1.54, 1.807) is 0 Å². The average molecular weight is 325 g/mol. The van der Waals surface area contributed by atoms with Crippen LogP contribution in [0.25, 0.3) is 0 Å². The molecule has 0 bridgehead atoms. The smallest absolute Gasteiger partial charge is 0.222 e. The zero-order chi connectivity index (χ0) is 15.9. The van der Waals surface area contributed by atoms with Gasteiger partial charge in [0.25, 0.3) is 0 Å². The molecule has 1 aromatic rings. The zero-order valence-electron chi connectivity index (χ0n) is 13.3. The molecule has 4 nitrogen and oxygen atoms in total. The van der Waals surface area contributed by atoms with Gasteiger partial charge in [-0.2, -0.15) is 0 Å². The van der Waals surface area contributed by atoms with Gasteiger partial charge in [0.2, 0.25) is 5.91 Å². The largest absolute Gasteiger partial charge is 0.378 e. The second-order valence-corrected chi connectivity index (χ2v) is 6.49. The minimum atomic E-state index is 0.0746. The first-order valence-electron chi connectivity index (χ1n) is 7.93. The van der Waals surface area contributed by atoms with Crippen molar-refractivity contribution < 1.29 is 9.53 Å². The number of ether oxygens (including phenoxy) is 1. The molecule has 0 spiro atoms. The van der Waals surface area contributed by atoms with Crippen LogP contribution in [0.2, 0.25) is 5.02 Å². The molecule has 1 heterocycles. The van der Waals surface area contributed by atoms with Crippen LogP contribution in [0.4, 0.5) is 5.69 Å². The molecule has 0 unspecified atom stereocenters. The van der Waals surface area contributed by atoms with Gasteiger partial charge in [0, 0.05) is 36.8 Å². The van der Waals surface area contributed by atoms with Gasteiger partial charge < -0.3 is 15.0 Å². The molecule has 1 saturated heterocycles. The van der Waals surface area contributed by atoms with Crippen LogP contribution in [0.3, 0.4) is 0 Å². The summed E-state index contributed by atoms with van der Waals surface area (Å²) in [5.41, 5.74) is 1.20. The van der Waals surface area contributed by atoms with E-state index in [-0.39, 0.29) is 12.0 Å². The molecule has 5 heteroatoms. The van der Waals surface area contributed by atoms with Crippen molar-refractivity contribution in [3.63, 3.8) is 0 Å². The fourth-order valence-electron chi connectivity index (χ4n) is 2.62. The summed E-state index contributed by atoms with van der Waals surface area (Å²) in [5, 5.41) is 3.77. The minimum absolute atomic E-state index is 0.0746. The Bertz CT molecular complexity index is 476. The number of amides is 1. The molecule has 0 radical (unpaired) electrons. The molecular formula is C17H25ClN2O2. The molecule has 1 atom stereocenters. The number of hydrogen-bond acceptors (Lipinski definition) is 3. The van der Waals surface area contributed by atoms with Crippen molar-refractivity contribution in [2.75, 3.05) is 31.1 Å². The van der Waals surface area contributed by atoms with Crippen LogP contribution in [-0.2, 0) is 9.53 Å². The average Bonchev–Trinajstić information content (AvgIpc) is 2.94. The molecule has 1 aromatic carbocycles. The van der Waals surface area contributed by atoms with Gasteiger partial charge in [-0.05, 0) is 50.5 Å². The van der Waals surface area contributed by atoms with Gasteiger partial charge in [0.1, 0.15) is 0 Å². The van der Waals surface area contributed by atoms with E-state index in [4.69, 9.17) is 16.3 Å². The normalized spacial score (nSPS) is 18.0. The Morgan fingerprint density at radius 1 is 1.41 bits per heavy atom. The lowest BCUT2D eigenvalue weighted by Gasteiger charge is -2.19. The lowest BCUT2D eigenvalue weighted by Crippen LogP contribution is -2.31. The molecule has 1 amide bonds. The third kappa shape index (κ3) is 5.50. The molecule has 2 rings (SSSR count). The molecule has 1 N–H and O–H groups in total. The van der Waals surface area contributed by atoms with E-state index in [1.165, 1.54) is 5.69 Å². The lowest BCUT2D eigenvalue weighted by molar-refractivity contribution is -0.122. The summed E-state index contributed by atoms with van der Waals surface area (Å²) >= 11 is 5.92. The predicted molar refractivity (Wildman–Crippen MR) is 90.5 cm³/mol. The SMILES string of the molecule is CC(C)OCCC(=O)NC[C@@H]1CCN(c2ccc(Cl)cc2)C1. The van der Waals surface area contributed by atoms with Crippen LogP contribution < -0.4 is 10.2 Å². The Kier molecular flexibility index (Phi) is 6.52. The maximum Gasteiger partial charge on any atom is 0.222 e. The van der Waals surface area contributed by atoms with E-state index in [1.807, 2.05) is 38.1 Å². The van der Waals surface area contributed by atoms with Crippen LogP contribution in [0, 0.1) is 5.92 Å². The molecule has 0 aliphatic carbocycles. The Labute approximate surface area is 137 Å². The van der Waals surface area contributed by atoms with Crippen LogP contribution in [0.5, 0.6) is 0 Å². The van der Waals surface area contributed by atoms with Crippen molar-refractivity contribution in [3.05, 3.63) is 29.3 Å². The summed E-state index contributed by atoms with van der Waals surface area (Å²) in [6.45, 7) is 7.18. The number of anilines is 1. The van der Waals surface area contributed by atoms with E-state index in [9.17, 15) is 4.79 Å². The van der Waals surface area contributed by atoms with E-state index in [0.29, 0.717) is 18.9 Å². The first-order chi connectivity index (χ1) is 10.5. The van der Waals surface area contributed by atoms with Crippen molar-refractivity contribution in [3.8, 4) is 0 Å². The maximum absolute atomic E-state index is 11.8. The first-order valence-corrected chi connectivity index (χ1v) is 8.31. The third-order valence-electron chi connectivity index (χ3n) is 3.85. The Morgan fingerprint density at radius 3 is 2.82 bits per heavy atom. The third-order valence-corrected chi connectivity index (χ3v) is 4.10. The maximum atomic E-state index is 11.8. The standard InChI is InChI=1S/C17H25ClN2O2/c1-13(2)22-10-8-17(21)19-11-14-7-9-20(12-14)16-5-3-15(18)4-6-16/h3-6,13-14H,7-12H2,1-2H3,(H,19,21)/t14-/m0/s1. The highest BCUT2D eigenvalue weighted by Gasteiger charge is 2.22. The van der Waals surface area contributed by atoms with Gasteiger partial charge in [0.05, 0.1) is 12.7 Å². The monoisotopic (exact) mass is 324 g/mol. The number of nitrogens with zero attached hydrogens (tertiary/aromatic N) is 1. The second kappa shape index (κ2) is 8.39. The molecule has 122 valence electrons. The molecular weight excluding hydrogens is 300 g/mol. The van der Waals surface area contributed by atoms with E-state index >= 15 is 0 Å². The van der Waals surface area contributed by atoms with Gasteiger partial charge in [0.15, 0.2) is 0 Å². The highest BCUT2D eigenvalue weighted by atomic mass is 35.5. The number of nitrogens with one attached hydrogen (secondary N) is 1. The van der Waals surface area contributed by atoms with Crippen molar-refractivity contribution in [2.24, 2.45) is 5.92 Å². The van der Waals surface area contributed by atoms with E-state index < -0.39 is 0 Å². The van der Waals surface area contributed by atoms with Crippen LogP contribution >= 0.6 is 11.6 Å². The topological polar surface area (TPSA) is 41.6 Å². The molecule has 0 saturated carbocycles. The molecule has 22 heavy (non-hydrogen) atoms. The Hall–Kier alpha value is -1.26. The lowest BCUT2D eigenvalue weighted by atomic mass is 10.1. The van der Waals surface area contributed by atoms with Crippen LogP contribution in [-0.4, -0.2) is 38.3 Å². The number of carbonyl (C=O) groups excluding carboxylic acids is 1. The summed E-state index contributed by atoms with van der Waals surface area (Å²) in [6, 6.07) is 7.93. The van der Waals surface area contributed by atoms with Crippen LogP contribution in [0.15, 0.2) is 24.3 Å². The van der Waals surface area contributed by atoms with E-state index in [0.717, 1.165) is 31.1 Å². The van der Waals surface area contributed by atoms with Gasteiger partial charge in [-0.15, -0.1) is 0 Å². The number of benzene rings is 1. The predicted octanol–water partition coefficient (Wildman–Crippen LogP) is 3.10. The number of rotatable bonds is 7. The molecule has 0 aromatic heterocycles. The molecule has 1 fully saturated rings. The Balaban J connectivity index is 1.68. The summed E-state index contributed by atoms with van der Waals surface area (Å²) in [5.74, 6) is 0.580. The fraction of sp³-hybridized carbons (Fsp3) is 0.588. The summed E-state index contributed by atoms with van der Waals surface area (Å²) in [4.78, 5) is 14.1. The van der Waals surface area contributed by atoms with E-state index in [2.05, 4.69) is 10.2 Å². The van der Waals surface area contributed by atoms with Gasteiger partial charge in [-0.1, -0.05) is 11.6 Å². The van der Waals surface area contributed by atoms with Gasteiger partial charge in [-0.25, -0.2) is 0 Å². The van der Waals surface area contributed by atoms with Crippen LogP contribution in [0.1, 0.15) is 26.7 Å². The highest BCUT2D eigenvalue weighted by Crippen LogP contribution is 2.24. The molecule has 1 aliphatic rings. The number of hydrogen-bond donors (Lipinski definition) is 1. The van der Waals surface area contributed by atoms with Crippen molar-refractivity contribution >= 4 is 23.2 Å². The Morgan fingerprint density at radius 2 is 2.14 bits per heavy atom. The molecule has 1 aliphatic heterocycles. The van der Waals surface area contributed by atoms with Crippen molar-refractivity contribution in [1.82, 2.24) is 5.32 Å². The number of halogens is 1.